The molecular formula is C20H24O2. The van der Waals surface area contributed by atoms with Crippen molar-refractivity contribution in [2.75, 3.05) is 0 Å². The molecule has 2 nitrogen and oxygen atoms in total. The summed E-state index contributed by atoms with van der Waals surface area (Å²) in [5, 5.41) is 21.2. The Morgan fingerprint density at radius 2 is 1.55 bits per heavy atom. The van der Waals surface area contributed by atoms with Crippen LogP contribution in [0.4, 0.5) is 0 Å². The van der Waals surface area contributed by atoms with Crippen molar-refractivity contribution in [3.63, 3.8) is 0 Å². The van der Waals surface area contributed by atoms with E-state index in [9.17, 15) is 10.2 Å². The lowest BCUT2D eigenvalue weighted by Gasteiger charge is -2.43. The minimum Gasteiger partial charge on any atom is -0.362 e. The SMILES string of the molecule is C=C(C)CC1(CC(=C)C)C=C(c2ccccc2)C=CC1(O)O. The lowest BCUT2D eigenvalue weighted by atomic mass is 9.67. The first-order chi connectivity index (χ1) is 10.3. The van der Waals surface area contributed by atoms with Gasteiger partial charge in [-0.1, -0.05) is 53.6 Å². The molecule has 116 valence electrons. The van der Waals surface area contributed by atoms with E-state index in [1.807, 2.05) is 50.3 Å². The molecule has 2 rings (SSSR count). The molecule has 0 heterocycles. The quantitative estimate of drug-likeness (QED) is 0.630. The third kappa shape index (κ3) is 3.29. The lowest BCUT2D eigenvalue weighted by Crippen LogP contribution is -2.47. The van der Waals surface area contributed by atoms with Gasteiger partial charge in [-0.3, -0.25) is 0 Å². The van der Waals surface area contributed by atoms with E-state index in [-0.39, 0.29) is 0 Å². The number of hydrogen-bond acceptors (Lipinski definition) is 2. The molecule has 0 unspecified atom stereocenters. The maximum absolute atomic E-state index is 10.6. The molecular weight excluding hydrogens is 272 g/mol. The van der Waals surface area contributed by atoms with Gasteiger partial charge in [0.1, 0.15) is 0 Å². The number of allylic oxidation sites excluding steroid dienone is 4. The maximum Gasteiger partial charge on any atom is 0.192 e. The van der Waals surface area contributed by atoms with Gasteiger partial charge in [0, 0.05) is 0 Å². The summed E-state index contributed by atoms with van der Waals surface area (Å²) in [7, 11) is 0. The molecule has 0 spiro atoms. The van der Waals surface area contributed by atoms with E-state index in [1.165, 1.54) is 6.08 Å². The fraction of sp³-hybridized carbons (Fsp3) is 0.300. The largest absolute Gasteiger partial charge is 0.362 e. The maximum atomic E-state index is 10.6. The normalized spacial score (nSPS) is 18.6. The Bertz CT molecular complexity index is 617. The smallest absolute Gasteiger partial charge is 0.192 e. The third-order valence-electron chi connectivity index (χ3n) is 4.00. The first-order valence-electron chi connectivity index (χ1n) is 7.47. The summed E-state index contributed by atoms with van der Waals surface area (Å²) >= 11 is 0. The Morgan fingerprint density at radius 1 is 1.00 bits per heavy atom. The van der Waals surface area contributed by atoms with Crippen molar-refractivity contribution in [1.82, 2.24) is 0 Å². The van der Waals surface area contributed by atoms with Gasteiger partial charge >= 0.3 is 0 Å². The van der Waals surface area contributed by atoms with Gasteiger partial charge in [0.25, 0.3) is 0 Å². The van der Waals surface area contributed by atoms with Crippen molar-refractivity contribution < 1.29 is 10.2 Å². The van der Waals surface area contributed by atoms with E-state index < -0.39 is 11.2 Å². The average Bonchev–Trinajstić information content (AvgIpc) is 2.41. The molecule has 2 heteroatoms. The monoisotopic (exact) mass is 296 g/mol. The van der Waals surface area contributed by atoms with Crippen molar-refractivity contribution in [3.8, 4) is 0 Å². The molecule has 0 atom stereocenters. The molecule has 1 aromatic rings. The average molecular weight is 296 g/mol. The summed E-state index contributed by atoms with van der Waals surface area (Å²) in [6.45, 7) is 11.7. The van der Waals surface area contributed by atoms with Crippen LogP contribution in [0.3, 0.4) is 0 Å². The zero-order valence-electron chi connectivity index (χ0n) is 13.3. The van der Waals surface area contributed by atoms with Gasteiger partial charge in [-0.2, -0.15) is 0 Å². The van der Waals surface area contributed by atoms with E-state index in [0.29, 0.717) is 12.8 Å². The van der Waals surface area contributed by atoms with Gasteiger partial charge in [0.05, 0.1) is 5.41 Å². The van der Waals surface area contributed by atoms with Gasteiger partial charge in [-0.15, -0.1) is 13.2 Å². The van der Waals surface area contributed by atoms with Crippen molar-refractivity contribution in [2.45, 2.75) is 32.5 Å². The topological polar surface area (TPSA) is 40.5 Å². The van der Waals surface area contributed by atoms with Crippen molar-refractivity contribution in [1.29, 1.82) is 0 Å². The van der Waals surface area contributed by atoms with E-state index in [0.717, 1.165) is 22.3 Å². The zero-order valence-corrected chi connectivity index (χ0v) is 13.3. The number of benzene rings is 1. The predicted molar refractivity (Wildman–Crippen MR) is 92.0 cm³/mol. The number of aliphatic hydroxyl groups is 2. The highest BCUT2D eigenvalue weighted by Crippen LogP contribution is 2.48. The second-order valence-electron chi connectivity index (χ2n) is 6.45. The van der Waals surface area contributed by atoms with Crippen LogP contribution in [0.25, 0.3) is 5.57 Å². The Labute approximate surface area is 132 Å². The van der Waals surface area contributed by atoms with Crippen LogP contribution in [-0.4, -0.2) is 16.0 Å². The molecule has 0 fully saturated rings. The Hall–Kier alpha value is -1.90. The first kappa shape index (κ1) is 16.5. The standard InChI is InChI=1S/C20H24O2/c1-15(2)12-19(13-16(3)4)14-18(10-11-20(19,21)22)17-8-6-5-7-9-17/h5-11,14,21-22H,1,3,12-13H2,2,4H3. The Kier molecular flexibility index (Phi) is 4.55. The van der Waals surface area contributed by atoms with Crippen LogP contribution in [0.15, 0.2) is 72.9 Å². The molecule has 0 saturated heterocycles. The second kappa shape index (κ2) is 6.07. The highest BCUT2D eigenvalue weighted by Gasteiger charge is 2.47. The van der Waals surface area contributed by atoms with E-state index >= 15 is 0 Å². The van der Waals surface area contributed by atoms with Crippen LogP contribution in [0.5, 0.6) is 0 Å². The van der Waals surface area contributed by atoms with Crippen LogP contribution in [0.1, 0.15) is 32.3 Å². The minimum atomic E-state index is -1.91. The van der Waals surface area contributed by atoms with Gasteiger partial charge < -0.3 is 10.2 Å². The minimum absolute atomic E-state index is 0.494. The molecule has 0 amide bonds. The molecule has 0 radical (unpaired) electrons. The van der Waals surface area contributed by atoms with Gasteiger partial charge in [-0.05, 0) is 43.9 Å². The molecule has 0 aromatic heterocycles. The van der Waals surface area contributed by atoms with Crippen LogP contribution in [0, 0.1) is 5.41 Å². The highest BCUT2D eigenvalue weighted by atomic mass is 16.5. The van der Waals surface area contributed by atoms with Crippen molar-refractivity contribution >= 4 is 5.57 Å². The summed E-state index contributed by atoms with van der Waals surface area (Å²) in [6.07, 6.45) is 6.19. The molecule has 0 aliphatic heterocycles. The van der Waals surface area contributed by atoms with E-state index in [4.69, 9.17) is 0 Å². The summed E-state index contributed by atoms with van der Waals surface area (Å²) < 4.78 is 0. The molecule has 0 saturated carbocycles. The van der Waals surface area contributed by atoms with Gasteiger partial charge in [0.15, 0.2) is 5.79 Å². The van der Waals surface area contributed by atoms with Crippen LogP contribution < -0.4 is 0 Å². The number of rotatable bonds is 5. The zero-order chi connectivity index (χ0) is 16.4. The third-order valence-corrected chi connectivity index (χ3v) is 4.00. The van der Waals surface area contributed by atoms with Crippen LogP contribution >= 0.6 is 0 Å². The molecule has 22 heavy (non-hydrogen) atoms. The summed E-state index contributed by atoms with van der Waals surface area (Å²) in [4.78, 5) is 0. The first-order valence-corrected chi connectivity index (χ1v) is 7.47. The van der Waals surface area contributed by atoms with Crippen molar-refractivity contribution in [2.24, 2.45) is 5.41 Å². The summed E-state index contributed by atoms with van der Waals surface area (Å²) in [5.41, 5.74) is 3.02. The van der Waals surface area contributed by atoms with Crippen LogP contribution in [0.2, 0.25) is 0 Å². The Morgan fingerprint density at radius 3 is 2.05 bits per heavy atom. The van der Waals surface area contributed by atoms with Crippen LogP contribution in [-0.2, 0) is 0 Å². The summed E-state index contributed by atoms with van der Waals surface area (Å²) in [5.74, 6) is -1.91. The molecule has 1 aliphatic carbocycles. The van der Waals surface area contributed by atoms with Crippen molar-refractivity contribution in [3.05, 3.63) is 78.4 Å². The lowest BCUT2D eigenvalue weighted by molar-refractivity contribution is -0.189. The number of hydrogen-bond donors (Lipinski definition) is 2. The Balaban J connectivity index is 2.55. The second-order valence-corrected chi connectivity index (χ2v) is 6.45. The van der Waals surface area contributed by atoms with Gasteiger partial charge in [0.2, 0.25) is 0 Å². The molecule has 2 N–H and O–H groups in total. The highest BCUT2D eigenvalue weighted by molar-refractivity contribution is 5.76. The molecule has 1 aliphatic rings. The van der Waals surface area contributed by atoms with E-state index in [1.54, 1.807) is 6.08 Å². The predicted octanol–water partition coefficient (Wildman–Crippen LogP) is 4.24. The van der Waals surface area contributed by atoms with E-state index in [2.05, 4.69) is 13.2 Å². The summed E-state index contributed by atoms with van der Waals surface area (Å²) in [6, 6.07) is 9.95. The molecule has 1 aromatic carbocycles. The fourth-order valence-electron chi connectivity index (χ4n) is 3.14. The van der Waals surface area contributed by atoms with Gasteiger partial charge in [-0.25, -0.2) is 0 Å². The molecule has 0 bridgehead atoms. The fourth-order valence-corrected chi connectivity index (χ4v) is 3.14.